The van der Waals surface area contributed by atoms with Gasteiger partial charge >= 0.3 is 0 Å². The zero-order valence-electron chi connectivity index (χ0n) is 18.7. The molecule has 2 saturated heterocycles. The summed E-state index contributed by atoms with van der Waals surface area (Å²) in [6, 6.07) is 19.8. The van der Waals surface area contributed by atoms with Crippen LogP contribution in [0.25, 0.3) is 0 Å². The normalized spacial score (nSPS) is 27.0. The first kappa shape index (κ1) is 22.5. The Hall–Kier alpha value is -1.72. The second-order valence-corrected chi connectivity index (χ2v) is 9.41. The Balaban J connectivity index is 1.44. The lowest BCUT2D eigenvalue weighted by Crippen LogP contribution is -2.52. The SMILES string of the molecule is OC(c1ccccc1)C1CN(CCCN2CCCCCC2)CCC1(O)c1ccccc1. The zero-order chi connectivity index (χ0) is 21.5. The van der Waals surface area contributed by atoms with E-state index < -0.39 is 11.7 Å². The highest BCUT2D eigenvalue weighted by atomic mass is 16.3. The van der Waals surface area contributed by atoms with E-state index in [0.717, 1.165) is 37.2 Å². The fourth-order valence-electron chi connectivity index (χ4n) is 5.44. The summed E-state index contributed by atoms with van der Waals surface area (Å²) in [6.07, 6.45) is 6.52. The molecule has 2 aliphatic heterocycles. The van der Waals surface area contributed by atoms with Crippen molar-refractivity contribution < 1.29 is 10.2 Å². The molecule has 0 spiro atoms. The third kappa shape index (κ3) is 5.56. The molecular formula is C27H38N2O2. The highest BCUT2D eigenvalue weighted by molar-refractivity contribution is 5.27. The van der Waals surface area contributed by atoms with Gasteiger partial charge in [0.1, 0.15) is 0 Å². The molecular weight excluding hydrogens is 384 g/mol. The van der Waals surface area contributed by atoms with Gasteiger partial charge in [-0.2, -0.15) is 0 Å². The highest BCUT2D eigenvalue weighted by Crippen LogP contribution is 2.43. The van der Waals surface area contributed by atoms with Gasteiger partial charge in [-0.1, -0.05) is 73.5 Å². The summed E-state index contributed by atoms with van der Waals surface area (Å²) in [5.41, 5.74) is 0.783. The van der Waals surface area contributed by atoms with Crippen LogP contribution in [0.15, 0.2) is 60.7 Å². The Morgan fingerprint density at radius 3 is 2.10 bits per heavy atom. The lowest BCUT2D eigenvalue weighted by molar-refractivity contribution is -0.122. The summed E-state index contributed by atoms with van der Waals surface area (Å²) in [7, 11) is 0. The second kappa shape index (κ2) is 10.7. The Morgan fingerprint density at radius 1 is 0.806 bits per heavy atom. The second-order valence-electron chi connectivity index (χ2n) is 9.41. The minimum Gasteiger partial charge on any atom is -0.388 e. The van der Waals surface area contributed by atoms with Crippen molar-refractivity contribution in [1.82, 2.24) is 9.80 Å². The standard InChI is InChI=1S/C27H38N2O2/c30-26(23-12-5-3-6-13-23)25-22-29(20-11-19-28-17-9-1-2-10-18-28)21-16-27(25,31)24-14-7-4-8-15-24/h3-8,12-15,25-26,30-31H,1-2,9-11,16-22H2. The maximum absolute atomic E-state index is 11.8. The number of rotatable bonds is 7. The molecule has 2 aromatic carbocycles. The first-order valence-electron chi connectivity index (χ1n) is 12.1. The fourth-order valence-corrected chi connectivity index (χ4v) is 5.44. The lowest BCUT2D eigenvalue weighted by atomic mass is 9.72. The molecule has 4 heteroatoms. The molecule has 0 radical (unpaired) electrons. The maximum Gasteiger partial charge on any atom is 0.0977 e. The molecule has 168 valence electrons. The summed E-state index contributed by atoms with van der Waals surface area (Å²) in [5.74, 6) is -0.260. The van der Waals surface area contributed by atoms with Crippen LogP contribution in [0, 0.1) is 5.92 Å². The molecule has 2 heterocycles. The van der Waals surface area contributed by atoms with Crippen molar-refractivity contribution in [3.05, 3.63) is 71.8 Å². The molecule has 0 saturated carbocycles. The van der Waals surface area contributed by atoms with Crippen LogP contribution in [0.5, 0.6) is 0 Å². The van der Waals surface area contributed by atoms with Gasteiger partial charge in [-0.15, -0.1) is 0 Å². The molecule has 4 nitrogen and oxygen atoms in total. The van der Waals surface area contributed by atoms with Gasteiger partial charge in [0.2, 0.25) is 0 Å². The molecule has 0 aromatic heterocycles. The third-order valence-corrected chi connectivity index (χ3v) is 7.32. The van der Waals surface area contributed by atoms with Crippen molar-refractivity contribution in [1.29, 1.82) is 0 Å². The van der Waals surface area contributed by atoms with Gasteiger partial charge in [-0.3, -0.25) is 0 Å². The van der Waals surface area contributed by atoms with Crippen molar-refractivity contribution in [3.63, 3.8) is 0 Å². The Morgan fingerprint density at radius 2 is 1.42 bits per heavy atom. The van der Waals surface area contributed by atoms with Crippen LogP contribution in [0.3, 0.4) is 0 Å². The van der Waals surface area contributed by atoms with Crippen LogP contribution in [0.4, 0.5) is 0 Å². The van der Waals surface area contributed by atoms with E-state index in [4.69, 9.17) is 0 Å². The molecule has 4 rings (SSSR count). The van der Waals surface area contributed by atoms with Crippen LogP contribution in [0.1, 0.15) is 55.8 Å². The minimum absolute atomic E-state index is 0.260. The molecule has 2 aromatic rings. The van der Waals surface area contributed by atoms with Crippen molar-refractivity contribution in [2.45, 2.75) is 50.2 Å². The number of likely N-dealkylation sites (tertiary alicyclic amines) is 2. The van der Waals surface area contributed by atoms with E-state index >= 15 is 0 Å². The lowest BCUT2D eigenvalue weighted by Gasteiger charge is -2.47. The van der Waals surface area contributed by atoms with Gasteiger partial charge in [-0.25, -0.2) is 0 Å². The van der Waals surface area contributed by atoms with E-state index in [1.807, 2.05) is 60.7 Å². The Labute approximate surface area is 187 Å². The van der Waals surface area contributed by atoms with Gasteiger partial charge in [-0.05, 0) is 63.0 Å². The maximum atomic E-state index is 11.8. The average molecular weight is 423 g/mol. The molecule has 3 atom stereocenters. The van der Waals surface area contributed by atoms with Crippen LogP contribution in [0.2, 0.25) is 0 Å². The number of aliphatic hydroxyl groups excluding tert-OH is 1. The number of aliphatic hydroxyl groups is 2. The minimum atomic E-state index is -1.02. The molecule has 2 aliphatic rings. The summed E-state index contributed by atoms with van der Waals surface area (Å²) >= 11 is 0. The van der Waals surface area contributed by atoms with Gasteiger partial charge < -0.3 is 20.0 Å². The van der Waals surface area contributed by atoms with Crippen molar-refractivity contribution >= 4 is 0 Å². The predicted molar refractivity (Wildman–Crippen MR) is 126 cm³/mol. The molecule has 0 aliphatic carbocycles. The van der Waals surface area contributed by atoms with Crippen LogP contribution in [-0.2, 0) is 5.60 Å². The van der Waals surface area contributed by atoms with E-state index in [1.165, 1.54) is 38.8 Å². The fraction of sp³-hybridized carbons (Fsp3) is 0.556. The number of nitrogens with zero attached hydrogens (tertiary/aromatic N) is 2. The molecule has 31 heavy (non-hydrogen) atoms. The predicted octanol–water partition coefficient (Wildman–Crippen LogP) is 4.20. The van der Waals surface area contributed by atoms with Crippen molar-refractivity contribution in [2.24, 2.45) is 5.92 Å². The van der Waals surface area contributed by atoms with Crippen molar-refractivity contribution in [3.8, 4) is 0 Å². The van der Waals surface area contributed by atoms with E-state index in [1.54, 1.807) is 0 Å². The number of hydrogen-bond donors (Lipinski definition) is 2. The van der Waals surface area contributed by atoms with Gasteiger partial charge in [0, 0.05) is 19.0 Å². The topological polar surface area (TPSA) is 46.9 Å². The zero-order valence-corrected chi connectivity index (χ0v) is 18.7. The van der Waals surface area contributed by atoms with E-state index in [0.29, 0.717) is 13.0 Å². The highest BCUT2D eigenvalue weighted by Gasteiger charge is 2.46. The third-order valence-electron chi connectivity index (χ3n) is 7.32. The van der Waals surface area contributed by atoms with Gasteiger partial charge in [0.15, 0.2) is 0 Å². The number of benzene rings is 2. The largest absolute Gasteiger partial charge is 0.388 e. The Kier molecular flexibility index (Phi) is 7.78. The molecule has 3 unspecified atom stereocenters. The monoisotopic (exact) mass is 422 g/mol. The van der Waals surface area contributed by atoms with Gasteiger partial charge in [0.05, 0.1) is 11.7 Å². The molecule has 0 amide bonds. The van der Waals surface area contributed by atoms with E-state index in [9.17, 15) is 10.2 Å². The van der Waals surface area contributed by atoms with E-state index in [2.05, 4.69) is 9.80 Å². The van der Waals surface area contributed by atoms with Crippen molar-refractivity contribution in [2.75, 3.05) is 39.3 Å². The van der Waals surface area contributed by atoms with Crippen LogP contribution < -0.4 is 0 Å². The first-order chi connectivity index (χ1) is 15.2. The summed E-state index contributed by atoms with van der Waals surface area (Å²) in [5, 5.41) is 23.1. The molecule has 2 N–H and O–H groups in total. The molecule has 2 fully saturated rings. The van der Waals surface area contributed by atoms with Gasteiger partial charge in [0.25, 0.3) is 0 Å². The quantitative estimate of drug-likeness (QED) is 0.702. The smallest absolute Gasteiger partial charge is 0.0977 e. The van der Waals surface area contributed by atoms with Crippen LogP contribution in [-0.4, -0.2) is 59.3 Å². The molecule has 0 bridgehead atoms. The summed E-state index contributed by atoms with van der Waals surface area (Å²) in [6.45, 7) is 6.24. The average Bonchev–Trinajstić information content (AvgIpc) is 3.10. The van der Waals surface area contributed by atoms with E-state index in [-0.39, 0.29) is 5.92 Å². The summed E-state index contributed by atoms with van der Waals surface area (Å²) < 4.78 is 0. The first-order valence-corrected chi connectivity index (χ1v) is 12.1. The Bertz CT molecular complexity index is 776. The number of hydrogen-bond acceptors (Lipinski definition) is 4. The van der Waals surface area contributed by atoms with Crippen LogP contribution >= 0.6 is 0 Å². The summed E-state index contributed by atoms with van der Waals surface area (Å²) in [4.78, 5) is 5.07. The number of piperidine rings is 1.